The molecule has 2 atom stereocenters. The molecule has 32 heavy (non-hydrogen) atoms. The normalized spacial score (nSPS) is 22.3. The summed E-state index contributed by atoms with van der Waals surface area (Å²) in [6.45, 7) is 4.56. The molecule has 2 aromatic rings. The molecule has 3 amide bonds. The number of carbonyl (C=O) groups excluding carboxylic acids is 3. The van der Waals surface area contributed by atoms with Crippen molar-refractivity contribution < 1.29 is 14.4 Å². The van der Waals surface area contributed by atoms with E-state index in [2.05, 4.69) is 15.3 Å². The lowest BCUT2D eigenvalue weighted by Gasteiger charge is -2.28. The van der Waals surface area contributed by atoms with Gasteiger partial charge in [-0.1, -0.05) is 6.92 Å². The second-order valence-electron chi connectivity index (χ2n) is 8.79. The van der Waals surface area contributed by atoms with Crippen LogP contribution < -0.4 is 5.32 Å². The molecular formula is C24H25N5O3. The van der Waals surface area contributed by atoms with Crippen molar-refractivity contribution in [2.45, 2.75) is 39.2 Å². The number of carbonyl (C=O) groups is 3. The molecular weight excluding hydrogens is 406 g/mol. The van der Waals surface area contributed by atoms with Gasteiger partial charge in [-0.15, -0.1) is 0 Å². The SMILES string of the molecule is Cc1cc(-c2cccnc2)ncc1NC(=O)CN1CCCC2=C1C(=O)N(C1CC1C)C2=O. The highest BCUT2D eigenvalue weighted by molar-refractivity contribution is 6.19. The third-order valence-electron chi connectivity index (χ3n) is 6.43. The largest absolute Gasteiger partial charge is 0.357 e. The van der Waals surface area contributed by atoms with Crippen LogP contribution in [0.4, 0.5) is 5.69 Å². The molecule has 164 valence electrons. The van der Waals surface area contributed by atoms with Crippen molar-refractivity contribution in [1.82, 2.24) is 19.8 Å². The maximum Gasteiger partial charge on any atom is 0.277 e. The van der Waals surface area contributed by atoms with Gasteiger partial charge in [-0.3, -0.25) is 29.3 Å². The van der Waals surface area contributed by atoms with E-state index >= 15 is 0 Å². The van der Waals surface area contributed by atoms with Gasteiger partial charge in [0.15, 0.2) is 0 Å². The van der Waals surface area contributed by atoms with Crippen LogP contribution in [-0.2, 0) is 14.4 Å². The van der Waals surface area contributed by atoms with Crippen molar-refractivity contribution in [2.75, 3.05) is 18.4 Å². The molecule has 0 spiro atoms. The standard InChI is InChI=1S/C24H25N5O3/c1-14-9-18(16-5-3-7-25-11-16)26-12-19(14)27-21(30)13-28-8-4-6-17-22(28)24(32)29(23(17)31)20-10-15(20)2/h3,5,7,9,11-12,15,20H,4,6,8,10,13H2,1-2H3,(H,27,30). The second-order valence-corrected chi connectivity index (χ2v) is 8.79. The Labute approximate surface area is 186 Å². The number of nitrogens with one attached hydrogen (secondary N) is 1. The molecule has 5 rings (SSSR count). The van der Waals surface area contributed by atoms with Gasteiger partial charge >= 0.3 is 0 Å². The fourth-order valence-corrected chi connectivity index (χ4v) is 4.54. The van der Waals surface area contributed by atoms with Crippen molar-refractivity contribution >= 4 is 23.4 Å². The average molecular weight is 431 g/mol. The Morgan fingerprint density at radius 2 is 2.06 bits per heavy atom. The number of amides is 3. The molecule has 0 aromatic carbocycles. The first-order valence-corrected chi connectivity index (χ1v) is 11.0. The molecule has 1 N–H and O–H groups in total. The Balaban J connectivity index is 1.29. The van der Waals surface area contributed by atoms with Gasteiger partial charge in [-0.25, -0.2) is 0 Å². The number of hydrogen-bond donors (Lipinski definition) is 1. The molecule has 1 saturated carbocycles. The molecule has 8 heteroatoms. The zero-order valence-corrected chi connectivity index (χ0v) is 18.2. The topological polar surface area (TPSA) is 95.5 Å². The first-order valence-electron chi connectivity index (χ1n) is 11.0. The molecule has 1 fully saturated rings. The highest BCUT2D eigenvalue weighted by Crippen LogP contribution is 2.41. The summed E-state index contributed by atoms with van der Waals surface area (Å²) in [7, 11) is 0. The number of aryl methyl sites for hydroxylation is 1. The summed E-state index contributed by atoms with van der Waals surface area (Å²) in [5, 5.41) is 2.90. The fraction of sp³-hybridized carbons (Fsp3) is 0.375. The van der Waals surface area contributed by atoms with Crippen LogP contribution in [0.5, 0.6) is 0 Å². The van der Waals surface area contributed by atoms with Crippen molar-refractivity contribution in [1.29, 1.82) is 0 Å². The van der Waals surface area contributed by atoms with Gasteiger partial charge in [0.05, 0.1) is 24.1 Å². The molecule has 2 aliphatic heterocycles. The van der Waals surface area contributed by atoms with E-state index in [0.29, 0.717) is 35.8 Å². The molecule has 1 aliphatic carbocycles. The molecule has 0 saturated heterocycles. The van der Waals surface area contributed by atoms with Gasteiger partial charge < -0.3 is 10.2 Å². The highest BCUT2D eigenvalue weighted by atomic mass is 16.2. The predicted molar refractivity (Wildman–Crippen MR) is 118 cm³/mol. The summed E-state index contributed by atoms with van der Waals surface area (Å²) >= 11 is 0. The summed E-state index contributed by atoms with van der Waals surface area (Å²) in [5.41, 5.74) is 4.16. The van der Waals surface area contributed by atoms with E-state index < -0.39 is 0 Å². The maximum atomic E-state index is 13.0. The minimum atomic E-state index is -0.245. The molecule has 4 heterocycles. The predicted octanol–water partition coefficient (Wildman–Crippen LogP) is 2.52. The summed E-state index contributed by atoms with van der Waals surface area (Å²) in [5.74, 6) is -0.302. The number of aromatic nitrogens is 2. The molecule has 0 bridgehead atoms. The van der Waals surface area contributed by atoms with Crippen molar-refractivity contribution in [3.63, 3.8) is 0 Å². The quantitative estimate of drug-likeness (QED) is 0.731. The monoisotopic (exact) mass is 431 g/mol. The number of anilines is 1. The minimum Gasteiger partial charge on any atom is -0.357 e. The summed E-state index contributed by atoms with van der Waals surface area (Å²) in [6.07, 6.45) is 7.29. The highest BCUT2D eigenvalue weighted by Gasteiger charge is 2.51. The summed E-state index contributed by atoms with van der Waals surface area (Å²) in [6, 6.07) is 5.69. The lowest BCUT2D eigenvalue weighted by atomic mass is 10.0. The van der Waals surface area contributed by atoms with Gasteiger partial charge in [0.1, 0.15) is 5.70 Å². The summed E-state index contributed by atoms with van der Waals surface area (Å²) in [4.78, 5) is 50.4. The van der Waals surface area contributed by atoms with E-state index in [4.69, 9.17) is 0 Å². The minimum absolute atomic E-state index is 0.00308. The lowest BCUT2D eigenvalue weighted by molar-refractivity contribution is -0.139. The van der Waals surface area contributed by atoms with E-state index in [0.717, 1.165) is 29.7 Å². The first-order chi connectivity index (χ1) is 15.4. The van der Waals surface area contributed by atoms with Crippen molar-refractivity contribution in [2.24, 2.45) is 5.92 Å². The van der Waals surface area contributed by atoms with Gasteiger partial charge in [0.2, 0.25) is 5.91 Å². The van der Waals surface area contributed by atoms with Gasteiger partial charge in [-0.2, -0.15) is 0 Å². The Kier molecular flexibility index (Phi) is 5.00. The summed E-state index contributed by atoms with van der Waals surface area (Å²) < 4.78 is 0. The van der Waals surface area contributed by atoms with Gasteiger partial charge in [0.25, 0.3) is 11.8 Å². The number of pyridine rings is 2. The Morgan fingerprint density at radius 3 is 2.75 bits per heavy atom. The number of imide groups is 1. The van der Waals surface area contributed by atoms with Crippen LogP contribution in [0, 0.1) is 12.8 Å². The van der Waals surface area contributed by atoms with Crippen molar-refractivity contribution in [3.05, 3.63) is 53.6 Å². The van der Waals surface area contributed by atoms with E-state index in [-0.39, 0.29) is 30.3 Å². The Morgan fingerprint density at radius 1 is 1.25 bits per heavy atom. The molecule has 3 aliphatic rings. The van der Waals surface area contributed by atoms with Crippen LogP contribution in [0.15, 0.2) is 48.1 Å². The molecule has 2 aromatic heterocycles. The fourth-order valence-electron chi connectivity index (χ4n) is 4.54. The second kappa shape index (κ2) is 7.85. The number of hydrogen-bond acceptors (Lipinski definition) is 6. The smallest absolute Gasteiger partial charge is 0.277 e. The maximum absolute atomic E-state index is 13.0. The van der Waals surface area contributed by atoms with Crippen LogP contribution in [-0.4, -0.2) is 56.6 Å². The Bertz CT molecular complexity index is 1140. The van der Waals surface area contributed by atoms with Gasteiger partial charge in [0, 0.05) is 36.1 Å². The number of rotatable bonds is 5. The lowest BCUT2D eigenvalue weighted by Crippen LogP contribution is -2.40. The van der Waals surface area contributed by atoms with Crippen LogP contribution in [0.3, 0.4) is 0 Å². The van der Waals surface area contributed by atoms with Gasteiger partial charge in [-0.05, 0) is 55.9 Å². The van der Waals surface area contributed by atoms with E-state index in [1.807, 2.05) is 32.0 Å². The third kappa shape index (κ3) is 3.55. The zero-order chi connectivity index (χ0) is 22.4. The van der Waals surface area contributed by atoms with Crippen LogP contribution in [0.25, 0.3) is 11.3 Å². The third-order valence-corrected chi connectivity index (χ3v) is 6.43. The number of nitrogens with zero attached hydrogens (tertiary/aromatic N) is 4. The molecule has 0 radical (unpaired) electrons. The molecule has 8 nitrogen and oxygen atoms in total. The van der Waals surface area contributed by atoms with E-state index in [1.54, 1.807) is 23.5 Å². The van der Waals surface area contributed by atoms with Crippen LogP contribution >= 0.6 is 0 Å². The zero-order valence-electron chi connectivity index (χ0n) is 18.2. The van der Waals surface area contributed by atoms with Crippen LogP contribution in [0.2, 0.25) is 0 Å². The molecule has 2 unspecified atom stereocenters. The van der Waals surface area contributed by atoms with E-state index in [1.165, 1.54) is 4.90 Å². The van der Waals surface area contributed by atoms with Crippen molar-refractivity contribution in [3.8, 4) is 11.3 Å². The van der Waals surface area contributed by atoms with Crippen LogP contribution in [0.1, 0.15) is 31.7 Å². The first kappa shape index (κ1) is 20.4. The average Bonchev–Trinajstić information content (AvgIpc) is 3.44. The Hall–Kier alpha value is -3.55. The van der Waals surface area contributed by atoms with E-state index in [9.17, 15) is 14.4 Å².